The fourth-order valence-electron chi connectivity index (χ4n) is 6.63. The minimum atomic E-state index is -0.594. The Morgan fingerprint density at radius 3 is 2.02 bits per heavy atom. The Hall–Kier alpha value is -3.32. The number of H-pyrrole nitrogens is 1. The van der Waals surface area contributed by atoms with E-state index in [4.69, 9.17) is 21.4 Å². The van der Waals surface area contributed by atoms with Gasteiger partial charge in [-0.05, 0) is 74.1 Å². The number of hydrogen-bond acceptors (Lipinski definition) is 4. The van der Waals surface area contributed by atoms with E-state index in [9.17, 15) is 4.79 Å². The van der Waals surface area contributed by atoms with Gasteiger partial charge < -0.3 is 15.0 Å². The maximum Gasteiger partial charge on any atom is 0.265 e. The van der Waals surface area contributed by atoms with Gasteiger partial charge >= 0.3 is 0 Å². The van der Waals surface area contributed by atoms with Gasteiger partial charge in [0.15, 0.2) is 17.6 Å². The summed E-state index contributed by atoms with van der Waals surface area (Å²) in [6.45, 7) is 14.5. The third-order valence-corrected chi connectivity index (χ3v) is 9.76. The van der Waals surface area contributed by atoms with Crippen LogP contribution in [-0.2, 0) is 16.6 Å². The molecular formula is C41H60ClN5O2. The summed E-state index contributed by atoms with van der Waals surface area (Å²) in [5.41, 5.74) is 6.20. The van der Waals surface area contributed by atoms with E-state index in [1.54, 1.807) is 4.63 Å². The lowest BCUT2D eigenvalue weighted by Gasteiger charge is -2.19. The van der Waals surface area contributed by atoms with E-state index >= 15 is 0 Å². The summed E-state index contributed by atoms with van der Waals surface area (Å²) >= 11 is 6.67. The van der Waals surface area contributed by atoms with E-state index < -0.39 is 6.10 Å². The van der Waals surface area contributed by atoms with Crippen molar-refractivity contribution in [2.45, 2.75) is 156 Å². The average molecular weight is 690 g/mol. The van der Waals surface area contributed by atoms with Gasteiger partial charge in [-0.3, -0.25) is 4.79 Å². The number of aromatic amines is 1. The van der Waals surface area contributed by atoms with Crippen LogP contribution in [0.15, 0.2) is 36.4 Å². The highest BCUT2D eigenvalue weighted by atomic mass is 35.5. The Morgan fingerprint density at radius 2 is 1.47 bits per heavy atom. The minimum Gasteiger partial charge on any atom is -0.481 e. The Labute approximate surface area is 300 Å². The zero-order valence-corrected chi connectivity index (χ0v) is 31.9. The van der Waals surface area contributed by atoms with Crippen molar-refractivity contribution in [1.82, 2.24) is 19.8 Å². The van der Waals surface area contributed by atoms with Gasteiger partial charge in [0.2, 0.25) is 0 Å². The molecule has 0 fully saturated rings. The van der Waals surface area contributed by atoms with Crippen molar-refractivity contribution < 1.29 is 9.53 Å². The molecule has 1 atom stereocenters. The first-order valence-electron chi connectivity index (χ1n) is 18.8. The summed E-state index contributed by atoms with van der Waals surface area (Å²) in [6, 6.07) is 12.2. The zero-order chi connectivity index (χ0) is 35.4. The Kier molecular flexibility index (Phi) is 14.6. The van der Waals surface area contributed by atoms with Gasteiger partial charge in [0, 0.05) is 16.7 Å². The molecule has 1 amide bonds. The van der Waals surface area contributed by atoms with Gasteiger partial charge in [0.05, 0.1) is 5.69 Å². The number of aromatic nitrogens is 4. The molecule has 7 nitrogen and oxygen atoms in total. The average Bonchev–Trinajstić information content (AvgIpc) is 3.60. The van der Waals surface area contributed by atoms with E-state index in [2.05, 4.69) is 55.2 Å². The maximum atomic E-state index is 13.4. The Bertz CT molecular complexity index is 1610. The molecule has 0 aliphatic heterocycles. The summed E-state index contributed by atoms with van der Waals surface area (Å²) < 4.78 is 7.80. The van der Waals surface area contributed by atoms with Crippen LogP contribution in [0.5, 0.6) is 5.75 Å². The van der Waals surface area contributed by atoms with Gasteiger partial charge in [0.1, 0.15) is 10.8 Å². The molecule has 2 aromatic heterocycles. The lowest BCUT2D eigenvalue weighted by molar-refractivity contribution is -0.122. The molecule has 2 N–H and O–H groups in total. The number of carbonyl (C=O) groups excluding carboxylic acids is 1. The molecule has 2 heterocycles. The number of nitrogens with zero attached hydrogens (tertiary/aromatic N) is 3. The van der Waals surface area contributed by atoms with Gasteiger partial charge in [-0.15, -0.1) is 9.73 Å². The van der Waals surface area contributed by atoms with Crippen LogP contribution < -0.4 is 10.1 Å². The van der Waals surface area contributed by atoms with Crippen molar-refractivity contribution in [3.8, 4) is 17.1 Å². The number of ether oxygens (including phenoxy) is 1. The van der Waals surface area contributed by atoms with Crippen molar-refractivity contribution >= 4 is 28.8 Å². The van der Waals surface area contributed by atoms with E-state index in [-0.39, 0.29) is 11.3 Å². The van der Waals surface area contributed by atoms with Crippen molar-refractivity contribution in [3.63, 3.8) is 0 Å². The molecular weight excluding hydrogens is 630 g/mol. The second-order valence-electron chi connectivity index (χ2n) is 14.9. The Balaban J connectivity index is 1.24. The van der Waals surface area contributed by atoms with Crippen LogP contribution in [0.3, 0.4) is 0 Å². The lowest BCUT2D eigenvalue weighted by atomic mass is 9.92. The number of benzene rings is 2. The molecule has 0 aliphatic rings. The highest BCUT2D eigenvalue weighted by molar-refractivity contribution is 6.34. The number of carbonyl (C=O) groups is 1. The minimum absolute atomic E-state index is 0.158. The fourth-order valence-corrected chi connectivity index (χ4v) is 7.07. The van der Waals surface area contributed by atoms with E-state index in [0.29, 0.717) is 22.9 Å². The third-order valence-electron chi connectivity index (χ3n) is 9.40. The molecule has 0 aliphatic carbocycles. The van der Waals surface area contributed by atoms with Gasteiger partial charge in [0.25, 0.3) is 5.91 Å². The molecule has 0 spiro atoms. The van der Waals surface area contributed by atoms with Crippen LogP contribution in [0.4, 0.5) is 5.69 Å². The normalized spacial score (nSPS) is 12.5. The lowest BCUT2D eigenvalue weighted by Crippen LogP contribution is -2.32. The van der Waals surface area contributed by atoms with E-state index in [1.165, 1.54) is 89.0 Å². The van der Waals surface area contributed by atoms with E-state index in [0.717, 1.165) is 40.2 Å². The molecule has 8 heteroatoms. The van der Waals surface area contributed by atoms with Crippen molar-refractivity contribution in [2.75, 3.05) is 5.32 Å². The number of aryl methyl sites for hydroxylation is 3. The largest absolute Gasteiger partial charge is 0.481 e. The van der Waals surface area contributed by atoms with Crippen LogP contribution in [0.1, 0.15) is 147 Å². The Morgan fingerprint density at radius 1 is 0.878 bits per heavy atom. The SMILES string of the molecule is CCCCCCCCCCCCCCCc1cccc(OC(CC)C(=O)Nc2cc(C)c(-c3nn4nc(C(C)(C)C)c(Cl)c4[nH]3)c(C)c2)c1. The quantitative estimate of drug-likeness (QED) is 0.0904. The summed E-state index contributed by atoms with van der Waals surface area (Å²) in [6.07, 6.45) is 18.6. The van der Waals surface area contributed by atoms with Crippen LogP contribution in [0.2, 0.25) is 5.02 Å². The molecule has 0 saturated heterocycles. The molecule has 49 heavy (non-hydrogen) atoms. The van der Waals surface area contributed by atoms with Crippen molar-refractivity contribution in [1.29, 1.82) is 0 Å². The summed E-state index contributed by atoms with van der Waals surface area (Å²) in [5.74, 6) is 1.27. The number of hydrogen-bond donors (Lipinski definition) is 2. The number of fused-ring (bicyclic) bond motifs is 1. The van der Waals surface area contributed by atoms with Crippen LogP contribution in [0.25, 0.3) is 17.0 Å². The number of halogens is 1. The zero-order valence-electron chi connectivity index (χ0n) is 31.2. The molecule has 0 bridgehead atoms. The third kappa shape index (κ3) is 11.1. The van der Waals surface area contributed by atoms with Gasteiger partial charge in [-0.1, -0.05) is 135 Å². The molecule has 4 rings (SSSR count). The number of nitrogens with one attached hydrogen (secondary N) is 2. The fraction of sp³-hybridized carbons (Fsp3) is 0.585. The predicted molar refractivity (Wildman–Crippen MR) is 205 cm³/mol. The number of rotatable bonds is 20. The topological polar surface area (TPSA) is 84.3 Å². The smallest absolute Gasteiger partial charge is 0.265 e. The van der Waals surface area contributed by atoms with Gasteiger partial charge in [-0.25, -0.2) is 0 Å². The second kappa shape index (κ2) is 18.6. The first-order valence-corrected chi connectivity index (χ1v) is 19.2. The van der Waals surface area contributed by atoms with Crippen LogP contribution in [0, 0.1) is 13.8 Å². The summed E-state index contributed by atoms with van der Waals surface area (Å²) in [4.78, 5) is 16.7. The molecule has 0 radical (unpaired) electrons. The van der Waals surface area contributed by atoms with Gasteiger partial charge in [-0.2, -0.15) is 5.10 Å². The summed E-state index contributed by atoms with van der Waals surface area (Å²) in [7, 11) is 0. The molecule has 2 aromatic carbocycles. The van der Waals surface area contributed by atoms with Crippen molar-refractivity contribution in [2.24, 2.45) is 0 Å². The molecule has 0 saturated carbocycles. The van der Waals surface area contributed by atoms with Crippen LogP contribution in [-0.4, -0.2) is 31.8 Å². The van der Waals surface area contributed by atoms with E-state index in [1.807, 2.05) is 45.0 Å². The predicted octanol–water partition coefficient (Wildman–Crippen LogP) is 11.7. The highest BCUT2D eigenvalue weighted by Crippen LogP contribution is 2.34. The number of anilines is 1. The second-order valence-corrected chi connectivity index (χ2v) is 15.2. The molecule has 1 unspecified atom stereocenters. The monoisotopic (exact) mass is 689 g/mol. The first kappa shape index (κ1) is 38.5. The maximum absolute atomic E-state index is 13.4. The van der Waals surface area contributed by atoms with Crippen molar-refractivity contribution in [3.05, 3.63) is 63.8 Å². The number of unbranched alkanes of at least 4 members (excludes halogenated alkanes) is 12. The first-order chi connectivity index (χ1) is 23.5. The van der Waals surface area contributed by atoms with Crippen LogP contribution >= 0.6 is 11.6 Å². The molecule has 4 aromatic rings. The highest BCUT2D eigenvalue weighted by Gasteiger charge is 2.26. The summed E-state index contributed by atoms with van der Waals surface area (Å²) in [5, 5.41) is 13.0. The number of amides is 1. The molecule has 268 valence electrons. The standard InChI is InChI=1S/C41H60ClN5O2/c1-8-10-11-12-13-14-15-16-17-18-19-20-21-23-31-24-22-25-33(28-31)49-34(9-2)40(48)43-32-26-29(3)35(30(4)27-32)38-44-39-36(42)37(41(5,6)7)45-47(39)46-38/h22,24-28,34H,8-21,23H2,1-7H3,(H,43,48)(H,44,46).